The summed E-state index contributed by atoms with van der Waals surface area (Å²) in [6.45, 7) is 2.57. The molecule has 1 aromatic carbocycles. The SMILES string of the molecule is CCNC(c1ccc(Cl)cc1)C1CCCCC1C(F)(F)F. The Kier molecular flexibility index (Phi) is 5.55. The summed E-state index contributed by atoms with van der Waals surface area (Å²) >= 11 is 5.88. The van der Waals surface area contributed by atoms with Crippen molar-refractivity contribution in [1.82, 2.24) is 5.32 Å². The topological polar surface area (TPSA) is 12.0 Å². The van der Waals surface area contributed by atoms with E-state index in [4.69, 9.17) is 11.6 Å². The van der Waals surface area contributed by atoms with Crippen LogP contribution in [-0.2, 0) is 0 Å². The molecule has 5 heteroatoms. The van der Waals surface area contributed by atoms with Crippen molar-refractivity contribution in [1.29, 1.82) is 0 Å². The molecule has 0 aromatic heterocycles. The van der Waals surface area contributed by atoms with Gasteiger partial charge in [0.15, 0.2) is 0 Å². The van der Waals surface area contributed by atoms with Crippen LogP contribution in [-0.4, -0.2) is 12.7 Å². The number of nitrogens with one attached hydrogen (secondary N) is 1. The van der Waals surface area contributed by atoms with Crippen molar-refractivity contribution >= 4 is 11.6 Å². The highest BCUT2D eigenvalue weighted by Gasteiger charge is 2.47. The summed E-state index contributed by atoms with van der Waals surface area (Å²) in [5.41, 5.74) is 0.891. The predicted molar refractivity (Wildman–Crippen MR) is 79.4 cm³/mol. The van der Waals surface area contributed by atoms with Gasteiger partial charge in [0.05, 0.1) is 5.92 Å². The Bertz CT molecular complexity index is 444. The molecule has 0 aliphatic heterocycles. The molecule has 0 amide bonds. The number of hydrogen-bond acceptors (Lipinski definition) is 1. The van der Waals surface area contributed by atoms with Crippen molar-refractivity contribution in [2.24, 2.45) is 11.8 Å². The summed E-state index contributed by atoms with van der Waals surface area (Å²) in [5.74, 6) is -1.62. The van der Waals surface area contributed by atoms with Crippen molar-refractivity contribution in [2.75, 3.05) is 6.54 Å². The Morgan fingerprint density at radius 3 is 2.38 bits per heavy atom. The van der Waals surface area contributed by atoms with Crippen LogP contribution in [0.5, 0.6) is 0 Å². The summed E-state index contributed by atoms with van der Waals surface area (Å²) in [4.78, 5) is 0. The van der Waals surface area contributed by atoms with Crippen LogP contribution < -0.4 is 5.32 Å². The zero-order chi connectivity index (χ0) is 15.5. The number of alkyl halides is 3. The molecular formula is C16H21ClF3N. The van der Waals surface area contributed by atoms with Gasteiger partial charge in [0, 0.05) is 11.1 Å². The molecular weight excluding hydrogens is 299 g/mol. The lowest BCUT2D eigenvalue weighted by Gasteiger charge is -2.38. The lowest BCUT2D eigenvalue weighted by molar-refractivity contribution is -0.199. The van der Waals surface area contributed by atoms with E-state index in [1.807, 2.05) is 19.1 Å². The lowest BCUT2D eigenvalue weighted by atomic mass is 9.73. The molecule has 1 fully saturated rings. The number of hydrogen-bond donors (Lipinski definition) is 1. The number of benzene rings is 1. The average Bonchev–Trinajstić information content (AvgIpc) is 2.45. The monoisotopic (exact) mass is 319 g/mol. The second-order valence-corrected chi connectivity index (χ2v) is 6.12. The van der Waals surface area contributed by atoms with E-state index in [0.717, 1.165) is 12.0 Å². The van der Waals surface area contributed by atoms with Gasteiger partial charge in [0.2, 0.25) is 0 Å². The third-order valence-electron chi connectivity index (χ3n) is 4.32. The molecule has 2 rings (SSSR count). The third kappa shape index (κ3) is 4.13. The minimum Gasteiger partial charge on any atom is -0.310 e. The first-order chi connectivity index (χ1) is 9.93. The largest absolute Gasteiger partial charge is 0.392 e. The maximum Gasteiger partial charge on any atom is 0.392 e. The first-order valence-electron chi connectivity index (χ1n) is 7.49. The molecule has 3 atom stereocenters. The van der Waals surface area contributed by atoms with E-state index in [0.29, 0.717) is 24.4 Å². The summed E-state index contributed by atoms with van der Waals surface area (Å²) in [6.07, 6.45) is -1.73. The molecule has 1 nitrogen and oxygen atoms in total. The highest BCUT2D eigenvalue weighted by Crippen LogP contribution is 2.46. The fraction of sp³-hybridized carbons (Fsp3) is 0.625. The van der Waals surface area contributed by atoms with Crippen molar-refractivity contribution in [3.63, 3.8) is 0 Å². The molecule has 0 radical (unpaired) electrons. The standard InChI is InChI=1S/C16H21ClF3N/c1-2-21-15(11-7-9-12(17)10-8-11)13-5-3-4-6-14(13)16(18,19)20/h7-10,13-15,21H,2-6H2,1H3. The molecule has 0 bridgehead atoms. The van der Waals surface area contributed by atoms with Crippen molar-refractivity contribution in [3.8, 4) is 0 Å². The Balaban J connectivity index is 2.28. The minimum atomic E-state index is -4.12. The summed E-state index contributed by atoms with van der Waals surface area (Å²) < 4.78 is 40.0. The average molecular weight is 320 g/mol. The Morgan fingerprint density at radius 2 is 1.81 bits per heavy atom. The zero-order valence-electron chi connectivity index (χ0n) is 12.1. The molecule has 1 aliphatic carbocycles. The molecule has 0 saturated heterocycles. The smallest absolute Gasteiger partial charge is 0.310 e. The fourth-order valence-electron chi connectivity index (χ4n) is 3.37. The van der Waals surface area contributed by atoms with Gasteiger partial charge in [-0.2, -0.15) is 13.2 Å². The minimum absolute atomic E-state index is 0.240. The zero-order valence-corrected chi connectivity index (χ0v) is 12.8. The lowest BCUT2D eigenvalue weighted by Crippen LogP contribution is -2.40. The fourth-order valence-corrected chi connectivity index (χ4v) is 3.50. The first-order valence-corrected chi connectivity index (χ1v) is 7.87. The summed E-state index contributed by atoms with van der Waals surface area (Å²) in [7, 11) is 0. The van der Waals surface area contributed by atoms with E-state index in [-0.39, 0.29) is 12.5 Å². The highest BCUT2D eigenvalue weighted by atomic mass is 35.5. The van der Waals surface area contributed by atoms with Gasteiger partial charge < -0.3 is 5.32 Å². The number of rotatable bonds is 4. The van der Waals surface area contributed by atoms with Crippen LogP contribution in [0.15, 0.2) is 24.3 Å². The van der Waals surface area contributed by atoms with Gasteiger partial charge in [-0.05, 0) is 43.0 Å². The van der Waals surface area contributed by atoms with Crippen LogP contribution in [0.1, 0.15) is 44.2 Å². The van der Waals surface area contributed by atoms with Crippen molar-refractivity contribution < 1.29 is 13.2 Å². The molecule has 0 heterocycles. The Labute approximate surface area is 128 Å². The van der Waals surface area contributed by atoms with Gasteiger partial charge in [0.1, 0.15) is 0 Å². The maximum absolute atomic E-state index is 13.3. The maximum atomic E-state index is 13.3. The molecule has 1 saturated carbocycles. The van der Waals surface area contributed by atoms with E-state index in [1.54, 1.807) is 12.1 Å². The van der Waals surface area contributed by atoms with Gasteiger partial charge in [-0.1, -0.05) is 43.5 Å². The summed E-state index contributed by atoms with van der Waals surface area (Å²) in [5, 5.41) is 3.85. The predicted octanol–water partition coefficient (Wildman–Crippen LogP) is 5.36. The van der Waals surface area contributed by atoms with Crippen LogP contribution in [0.3, 0.4) is 0 Å². The quantitative estimate of drug-likeness (QED) is 0.787. The molecule has 1 aromatic rings. The first kappa shape index (κ1) is 16.6. The molecule has 1 N–H and O–H groups in total. The van der Waals surface area contributed by atoms with Gasteiger partial charge >= 0.3 is 6.18 Å². The van der Waals surface area contributed by atoms with Crippen molar-refractivity contribution in [3.05, 3.63) is 34.9 Å². The highest BCUT2D eigenvalue weighted by molar-refractivity contribution is 6.30. The summed E-state index contributed by atoms with van der Waals surface area (Å²) in [6, 6.07) is 6.88. The van der Waals surface area contributed by atoms with Crippen LogP contribution >= 0.6 is 11.6 Å². The van der Waals surface area contributed by atoms with Gasteiger partial charge in [-0.25, -0.2) is 0 Å². The molecule has 21 heavy (non-hydrogen) atoms. The molecule has 0 spiro atoms. The van der Waals surface area contributed by atoms with E-state index in [9.17, 15) is 13.2 Å². The van der Waals surface area contributed by atoms with Crippen LogP contribution in [0.4, 0.5) is 13.2 Å². The molecule has 3 unspecified atom stereocenters. The molecule has 118 valence electrons. The van der Waals surface area contributed by atoms with Gasteiger partial charge in [0.25, 0.3) is 0 Å². The molecule has 1 aliphatic rings. The second-order valence-electron chi connectivity index (χ2n) is 5.68. The Morgan fingerprint density at radius 1 is 1.19 bits per heavy atom. The third-order valence-corrected chi connectivity index (χ3v) is 4.57. The van der Waals surface area contributed by atoms with E-state index in [2.05, 4.69) is 5.32 Å². The number of halogens is 4. The Hall–Kier alpha value is -0.740. The van der Waals surface area contributed by atoms with Crippen molar-refractivity contribution in [2.45, 2.75) is 44.8 Å². The van der Waals surface area contributed by atoms with Crippen LogP contribution in [0.25, 0.3) is 0 Å². The van der Waals surface area contributed by atoms with Crippen LogP contribution in [0.2, 0.25) is 5.02 Å². The van der Waals surface area contributed by atoms with Gasteiger partial charge in [-0.3, -0.25) is 0 Å². The van der Waals surface area contributed by atoms with Gasteiger partial charge in [-0.15, -0.1) is 0 Å². The second kappa shape index (κ2) is 7.01. The van der Waals surface area contributed by atoms with Crippen LogP contribution in [0, 0.1) is 11.8 Å². The van der Waals surface area contributed by atoms with E-state index < -0.39 is 18.0 Å². The van der Waals surface area contributed by atoms with E-state index in [1.165, 1.54) is 0 Å². The normalized spacial score (nSPS) is 24.8. The van der Waals surface area contributed by atoms with E-state index >= 15 is 0 Å².